The Balaban J connectivity index is 1.92. The number of hydrogen-bond donors (Lipinski definition) is 1. The average Bonchev–Trinajstić information content (AvgIpc) is 2.79. The van der Waals surface area contributed by atoms with E-state index in [9.17, 15) is 18.0 Å². The monoisotopic (exact) mass is 480 g/mol. The van der Waals surface area contributed by atoms with Gasteiger partial charge in [-0.1, -0.05) is 18.5 Å². The first kappa shape index (κ1) is 24.0. The summed E-state index contributed by atoms with van der Waals surface area (Å²) in [6.07, 6.45) is 1.58. The van der Waals surface area contributed by atoms with E-state index in [-0.39, 0.29) is 32.5 Å². The number of ether oxygens (including phenoxy) is 2. The molecule has 1 N–H and O–H groups in total. The Morgan fingerprint density at radius 3 is 2.41 bits per heavy atom. The largest absolute Gasteiger partial charge is 0.496 e. The molecule has 0 aliphatic carbocycles. The number of methoxy groups -OCH3 is 2. The van der Waals surface area contributed by atoms with Gasteiger partial charge in [0.1, 0.15) is 5.75 Å². The molecular formula is C22H25ClN2O6S. The zero-order valence-electron chi connectivity index (χ0n) is 18.1. The predicted molar refractivity (Wildman–Crippen MR) is 121 cm³/mol. The van der Waals surface area contributed by atoms with Crippen molar-refractivity contribution in [3.63, 3.8) is 0 Å². The Kier molecular flexibility index (Phi) is 7.43. The molecule has 10 heteroatoms. The first-order valence-electron chi connectivity index (χ1n) is 10.0. The summed E-state index contributed by atoms with van der Waals surface area (Å²) in [7, 11) is -1.13. The van der Waals surface area contributed by atoms with Gasteiger partial charge < -0.3 is 14.8 Å². The summed E-state index contributed by atoms with van der Waals surface area (Å²) >= 11 is 6.17. The van der Waals surface area contributed by atoms with Crippen molar-refractivity contribution in [1.82, 2.24) is 4.31 Å². The van der Waals surface area contributed by atoms with Gasteiger partial charge >= 0.3 is 5.97 Å². The lowest BCUT2D eigenvalue weighted by molar-refractivity contribution is 0.0600. The second-order valence-electron chi connectivity index (χ2n) is 7.59. The highest BCUT2D eigenvalue weighted by Gasteiger charge is 2.29. The number of nitrogens with zero attached hydrogens (tertiary/aromatic N) is 1. The van der Waals surface area contributed by atoms with E-state index >= 15 is 0 Å². The fraction of sp³-hybridized carbons (Fsp3) is 0.364. The summed E-state index contributed by atoms with van der Waals surface area (Å²) in [5.41, 5.74) is 0.410. The molecule has 3 rings (SSSR count). The molecule has 1 saturated heterocycles. The highest BCUT2D eigenvalue weighted by molar-refractivity contribution is 7.89. The summed E-state index contributed by atoms with van der Waals surface area (Å²) in [5.74, 6) is -0.535. The van der Waals surface area contributed by atoms with Crippen LogP contribution in [-0.2, 0) is 14.8 Å². The first-order valence-corrected chi connectivity index (χ1v) is 11.9. The molecule has 2 aromatic rings. The van der Waals surface area contributed by atoms with E-state index in [2.05, 4.69) is 17.0 Å². The van der Waals surface area contributed by atoms with E-state index in [1.807, 2.05) is 0 Å². The van der Waals surface area contributed by atoms with Gasteiger partial charge in [0.2, 0.25) is 10.0 Å². The van der Waals surface area contributed by atoms with Gasteiger partial charge in [0.05, 0.1) is 41.0 Å². The lowest BCUT2D eigenvalue weighted by Gasteiger charge is -2.29. The number of amides is 1. The van der Waals surface area contributed by atoms with Crippen molar-refractivity contribution in [1.29, 1.82) is 0 Å². The van der Waals surface area contributed by atoms with Crippen LogP contribution in [-0.4, -0.2) is 51.9 Å². The predicted octanol–water partition coefficient (Wildman–Crippen LogP) is 3.81. The van der Waals surface area contributed by atoms with Crippen LogP contribution in [0.3, 0.4) is 0 Å². The smallest absolute Gasteiger partial charge is 0.337 e. The van der Waals surface area contributed by atoms with Crippen LogP contribution in [0.15, 0.2) is 41.3 Å². The highest BCUT2D eigenvalue weighted by atomic mass is 35.5. The second kappa shape index (κ2) is 9.89. The number of halogens is 1. The maximum atomic E-state index is 13.1. The Labute approximate surface area is 192 Å². The second-order valence-corrected chi connectivity index (χ2v) is 9.93. The molecule has 172 valence electrons. The number of rotatable bonds is 6. The number of carbonyl (C=O) groups excluding carboxylic acids is 2. The van der Waals surface area contributed by atoms with Gasteiger partial charge in [-0.05, 0) is 55.2 Å². The summed E-state index contributed by atoms with van der Waals surface area (Å²) in [6.45, 7) is 2.97. The minimum atomic E-state index is -3.76. The summed E-state index contributed by atoms with van der Waals surface area (Å²) in [5, 5.41) is 2.82. The lowest BCUT2D eigenvalue weighted by Crippen LogP contribution is -2.37. The molecule has 0 radical (unpaired) electrons. The number of esters is 1. The Bertz CT molecular complexity index is 1130. The van der Waals surface area contributed by atoms with Crippen LogP contribution in [0, 0.1) is 5.92 Å². The van der Waals surface area contributed by atoms with Crippen molar-refractivity contribution < 1.29 is 27.5 Å². The van der Waals surface area contributed by atoms with Crippen molar-refractivity contribution in [2.45, 2.75) is 24.7 Å². The van der Waals surface area contributed by atoms with Crippen molar-refractivity contribution in [2.24, 2.45) is 5.92 Å². The van der Waals surface area contributed by atoms with Crippen LogP contribution < -0.4 is 10.1 Å². The van der Waals surface area contributed by atoms with E-state index in [1.54, 1.807) is 0 Å². The molecule has 1 amide bonds. The number of sulfonamides is 1. The number of piperidine rings is 1. The van der Waals surface area contributed by atoms with Gasteiger partial charge in [-0.15, -0.1) is 0 Å². The number of benzene rings is 2. The normalized spacial score (nSPS) is 15.2. The molecule has 0 atom stereocenters. The fourth-order valence-corrected chi connectivity index (χ4v) is 5.12. The van der Waals surface area contributed by atoms with Crippen LogP contribution in [0.1, 0.15) is 40.5 Å². The third kappa shape index (κ3) is 5.06. The molecule has 0 unspecified atom stereocenters. The van der Waals surface area contributed by atoms with Gasteiger partial charge in [0.25, 0.3) is 5.91 Å². The van der Waals surface area contributed by atoms with Crippen LogP contribution in [0.4, 0.5) is 5.69 Å². The quantitative estimate of drug-likeness (QED) is 0.631. The van der Waals surface area contributed by atoms with Gasteiger partial charge in [-0.25, -0.2) is 13.2 Å². The number of hydrogen-bond acceptors (Lipinski definition) is 6. The lowest BCUT2D eigenvalue weighted by atomic mass is 10.0. The molecular weight excluding hydrogens is 456 g/mol. The molecule has 1 aliphatic rings. The molecule has 1 fully saturated rings. The Morgan fingerprint density at radius 1 is 1.09 bits per heavy atom. The van der Waals surface area contributed by atoms with Crippen molar-refractivity contribution in [3.05, 3.63) is 52.5 Å². The average molecular weight is 481 g/mol. The molecule has 0 spiro atoms. The van der Waals surface area contributed by atoms with E-state index in [4.69, 9.17) is 16.3 Å². The molecule has 8 nitrogen and oxygen atoms in total. The number of carbonyl (C=O) groups is 2. The third-order valence-electron chi connectivity index (χ3n) is 5.43. The van der Waals surface area contributed by atoms with Gasteiger partial charge in [-0.2, -0.15) is 4.31 Å². The Morgan fingerprint density at radius 2 is 1.78 bits per heavy atom. The maximum absolute atomic E-state index is 13.1. The molecule has 0 aromatic heterocycles. The van der Waals surface area contributed by atoms with Crippen LogP contribution in [0.2, 0.25) is 5.02 Å². The zero-order chi connectivity index (χ0) is 23.5. The number of anilines is 1. The molecule has 32 heavy (non-hydrogen) atoms. The van der Waals surface area contributed by atoms with E-state index in [1.165, 1.54) is 54.9 Å². The molecule has 1 heterocycles. The standard InChI is InChI=1S/C22H25ClN2O6S/c1-14-8-10-25(11-9-14)32(28,29)16-5-7-20(30-2)17(13-16)21(26)24-19-12-15(22(27)31-3)4-6-18(19)23/h4-7,12-14H,8-11H2,1-3H3,(H,24,26). The summed E-state index contributed by atoms with van der Waals surface area (Å²) < 4.78 is 37.6. The topological polar surface area (TPSA) is 102 Å². The Hall–Kier alpha value is -2.62. The van der Waals surface area contributed by atoms with Gasteiger partial charge in [0.15, 0.2) is 0 Å². The van der Waals surface area contributed by atoms with E-state index in [0.717, 1.165) is 12.8 Å². The molecule has 0 saturated carbocycles. The van der Waals surface area contributed by atoms with Gasteiger partial charge in [0, 0.05) is 13.1 Å². The number of nitrogens with one attached hydrogen (secondary N) is 1. The van der Waals surface area contributed by atoms with Crippen molar-refractivity contribution in [2.75, 3.05) is 32.6 Å². The summed E-state index contributed by atoms with van der Waals surface area (Å²) in [6, 6.07) is 8.47. The summed E-state index contributed by atoms with van der Waals surface area (Å²) in [4.78, 5) is 24.8. The molecule has 1 aliphatic heterocycles. The molecule has 2 aromatic carbocycles. The van der Waals surface area contributed by atoms with Crippen LogP contribution >= 0.6 is 11.6 Å². The first-order chi connectivity index (χ1) is 15.2. The van der Waals surface area contributed by atoms with Crippen molar-refractivity contribution in [3.8, 4) is 5.75 Å². The van der Waals surface area contributed by atoms with Gasteiger partial charge in [-0.3, -0.25) is 4.79 Å². The third-order valence-corrected chi connectivity index (χ3v) is 7.66. The maximum Gasteiger partial charge on any atom is 0.337 e. The van der Waals surface area contributed by atoms with E-state index < -0.39 is 21.9 Å². The fourth-order valence-electron chi connectivity index (χ4n) is 3.45. The van der Waals surface area contributed by atoms with Crippen LogP contribution in [0.5, 0.6) is 5.75 Å². The van der Waals surface area contributed by atoms with E-state index in [0.29, 0.717) is 19.0 Å². The molecule has 0 bridgehead atoms. The SMILES string of the molecule is COC(=O)c1ccc(Cl)c(NC(=O)c2cc(S(=O)(=O)N3CCC(C)CC3)ccc2OC)c1. The van der Waals surface area contributed by atoms with Crippen molar-refractivity contribution >= 4 is 39.2 Å². The zero-order valence-corrected chi connectivity index (χ0v) is 19.6. The minimum absolute atomic E-state index is 0.00686. The highest BCUT2D eigenvalue weighted by Crippen LogP contribution is 2.29. The van der Waals surface area contributed by atoms with Crippen LogP contribution in [0.25, 0.3) is 0 Å². The minimum Gasteiger partial charge on any atom is -0.496 e.